The summed E-state index contributed by atoms with van der Waals surface area (Å²) in [6, 6.07) is 0. The average Bonchev–Trinajstić information content (AvgIpc) is 2.36. The van der Waals surface area contributed by atoms with E-state index < -0.39 is 11.4 Å². The van der Waals surface area contributed by atoms with Gasteiger partial charge in [-0.05, 0) is 46.5 Å². The second-order valence-corrected chi connectivity index (χ2v) is 5.59. The molecule has 0 aliphatic carbocycles. The zero-order valence-corrected chi connectivity index (χ0v) is 11.7. The van der Waals surface area contributed by atoms with E-state index in [9.17, 15) is 14.7 Å². The summed E-state index contributed by atoms with van der Waals surface area (Å²) in [7, 11) is 0. The summed E-state index contributed by atoms with van der Waals surface area (Å²) >= 11 is 0. The van der Waals surface area contributed by atoms with Crippen LogP contribution < -0.4 is 0 Å². The third-order valence-corrected chi connectivity index (χ3v) is 4.05. The van der Waals surface area contributed by atoms with Crippen molar-refractivity contribution in [3.63, 3.8) is 0 Å². The van der Waals surface area contributed by atoms with Gasteiger partial charge in [0.05, 0.1) is 5.41 Å². The molecule has 0 spiro atoms. The highest BCUT2D eigenvalue weighted by Gasteiger charge is 2.39. The first-order valence-corrected chi connectivity index (χ1v) is 6.46. The van der Waals surface area contributed by atoms with Crippen LogP contribution in [-0.2, 0) is 9.59 Å². The third-order valence-electron chi connectivity index (χ3n) is 4.05. The van der Waals surface area contributed by atoms with Crippen molar-refractivity contribution in [1.82, 2.24) is 4.90 Å². The van der Waals surface area contributed by atoms with Crippen LogP contribution in [0.25, 0.3) is 0 Å². The Morgan fingerprint density at radius 3 is 2.50 bits per heavy atom. The van der Waals surface area contributed by atoms with E-state index in [-0.39, 0.29) is 11.8 Å². The van der Waals surface area contributed by atoms with Gasteiger partial charge in [0.2, 0.25) is 5.91 Å². The fourth-order valence-electron chi connectivity index (χ4n) is 2.30. The number of rotatable bonds is 3. The van der Waals surface area contributed by atoms with Crippen molar-refractivity contribution in [2.45, 2.75) is 40.5 Å². The maximum Gasteiger partial charge on any atom is 0.309 e. The van der Waals surface area contributed by atoms with Gasteiger partial charge in [0.1, 0.15) is 0 Å². The van der Waals surface area contributed by atoms with Crippen LogP contribution in [0.4, 0.5) is 0 Å². The zero-order chi connectivity index (χ0) is 13.9. The second kappa shape index (κ2) is 5.55. The van der Waals surface area contributed by atoms with E-state index in [0.717, 1.165) is 25.0 Å². The number of likely N-dealkylation sites (tertiary alicyclic amines) is 1. The summed E-state index contributed by atoms with van der Waals surface area (Å²) in [5, 5.41) is 9.26. The van der Waals surface area contributed by atoms with Gasteiger partial charge in [-0.25, -0.2) is 0 Å². The molecular formula is C14H23NO3. The molecule has 1 rings (SSSR count). The topological polar surface area (TPSA) is 57.6 Å². The fraction of sp³-hybridized carbons (Fsp3) is 0.714. The van der Waals surface area contributed by atoms with Crippen LogP contribution in [0.5, 0.6) is 0 Å². The molecular weight excluding hydrogens is 230 g/mol. The van der Waals surface area contributed by atoms with Gasteiger partial charge in [-0.1, -0.05) is 6.08 Å². The van der Waals surface area contributed by atoms with Gasteiger partial charge >= 0.3 is 5.97 Å². The normalized spacial score (nSPS) is 21.9. The molecule has 0 aromatic heterocycles. The number of carbonyl (C=O) groups excluding carboxylic acids is 1. The maximum atomic E-state index is 12.1. The van der Waals surface area contributed by atoms with Crippen molar-refractivity contribution < 1.29 is 14.7 Å². The number of nitrogens with zero attached hydrogens (tertiary/aromatic N) is 1. The van der Waals surface area contributed by atoms with Crippen LogP contribution in [0.1, 0.15) is 40.5 Å². The van der Waals surface area contributed by atoms with Crippen molar-refractivity contribution >= 4 is 11.9 Å². The number of aliphatic carboxylic acids is 1. The van der Waals surface area contributed by atoms with Crippen molar-refractivity contribution in [3.8, 4) is 0 Å². The molecule has 1 aliphatic rings. The highest BCUT2D eigenvalue weighted by molar-refractivity contribution is 5.92. The Hall–Kier alpha value is -1.32. The molecule has 1 fully saturated rings. The quantitative estimate of drug-likeness (QED) is 0.785. The van der Waals surface area contributed by atoms with E-state index in [1.54, 1.807) is 31.7 Å². The number of amides is 1. The lowest BCUT2D eigenvalue weighted by molar-refractivity contribution is -0.152. The van der Waals surface area contributed by atoms with Gasteiger partial charge in [-0.15, -0.1) is 0 Å². The number of allylic oxidation sites excluding steroid dienone is 1. The summed E-state index contributed by atoms with van der Waals surface area (Å²) < 4.78 is 0. The van der Waals surface area contributed by atoms with Crippen molar-refractivity contribution in [1.29, 1.82) is 0 Å². The van der Waals surface area contributed by atoms with Crippen LogP contribution in [-0.4, -0.2) is 35.0 Å². The molecule has 1 atom stereocenters. The second-order valence-electron chi connectivity index (χ2n) is 5.59. The molecule has 0 unspecified atom stereocenters. The molecule has 0 aromatic carbocycles. The number of carboxylic acid groups (broad SMARTS) is 1. The van der Waals surface area contributed by atoms with E-state index in [4.69, 9.17) is 0 Å². The van der Waals surface area contributed by atoms with E-state index in [2.05, 4.69) is 0 Å². The first-order chi connectivity index (χ1) is 8.30. The molecule has 0 aromatic rings. The SMILES string of the molecule is C/C=C(\C)C(=O)N1CCC[C@H](C(C)(C)C(=O)O)C1. The number of piperidine rings is 1. The Balaban J connectivity index is 2.79. The lowest BCUT2D eigenvalue weighted by atomic mass is 9.74. The largest absolute Gasteiger partial charge is 0.481 e. The predicted molar refractivity (Wildman–Crippen MR) is 70.2 cm³/mol. The van der Waals surface area contributed by atoms with Crippen LogP contribution in [0.3, 0.4) is 0 Å². The summed E-state index contributed by atoms with van der Waals surface area (Å²) in [5.74, 6) is -0.731. The van der Waals surface area contributed by atoms with Crippen LogP contribution >= 0.6 is 0 Å². The Bertz CT molecular complexity index is 371. The third kappa shape index (κ3) is 2.92. The minimum atomic E-state index is -0.787. The monoisotopic (exact) mass is 253 g/mol. The van der Waals surface area contributed by atoms with Crippen LogP contribution in [0, 0.1) is 11.3 Å². The molecule has 1 heterocycles. The Morgan fingerprint density at radius 1 is 1.39 bits per heavy atom. The molecule has 18 heavy (non-hydrogen) atoms. The van der Waals surface area contributed by atoms with E-state index >= 15 is 0 Å². The van der Waals surface area contributed by atoms with Gasteiger partial charge in [0.25, 0.3) is 0 Å². The fourth-order valence-corrected chi connectivity index (χ4v) is 2.30. The molecule has 0 bridgehead atoms. The molecule has 1 saturated heterocycles. The standard InChI is InChI=1S/C14H23NO3/c1-5-10(2)12(16)15-8-6-7-11(9-15)14(3,4)13(17)18/h5,11H,6-9H2,1-4H3,(H,17,18)/b10-5+/t11-/m0/s1. The van der Waals surface area contributed by atoms with Crippen LogP contribution in [0.2, 0.25) is 0 Å². The number of carboxylic acids is 1. The first-order valence-electron chi connectivity index (χ1n) is 6.46. The first kappa shape index (κ1) is 14.7. The van der Waals surface area contributed by atoms with Crippen LogP contribution in [0.15, 0.2) is 11.6 Å². The van der Waals surface area contributed by atoms with Crippen molar-refractivity contribution in [3.05, 3.63) is 11.6 Å². The molecule has 4 nitrogen and oxygen atoms in total. The summed E-state index contributed by atoms with van der Waals surface area (Å²) in [6.07, 6.45) is 3.55. The van der Waals surface area contributed by atoms with Crippen molar-refractivity contribution in [2.75, 3.05) is 13.1 Å². The van der Waals surface area contributed by atoms with Gasteiger partial charge in [-0.3, -0.25) is 9.59 Å². The van der Waals surface area contributed by atoms with Gasteiger partial charge < -0.3 is 10.0 Å². The summed E-state index contributed by atoms with van der Waals surface area (Å²) in [4.78, 5) is 25.1. The Labute approximate surface area is 109 Å². The van der Waals surface area contributed by atoms with E-state index in [1.165, 1.54) is 0 Å². The molecule has 102 valence electrons. The number of hydrogen-bond donors (Lipinski definition) is 1. The van der Waals surface area contributed by atoms with Gasteiger partial charge in [-0.2, -0.15) is 0 Å². The molecule has 4 heteroatoms. The smallest absolute Gasteiger partial charge is 0.309 e. The summed E-state index contributed by atoms with van der Waals surface area (Å²) in [5.41, 5.74) is -0.0493. The number of hydrogen-bond acceptors (Lipinski definition) is 2. The van der Waals surface area contributed by atoms with Gasteiger partial charge in [0.15, 0.2) is 0 Å². The molecule has 1 N–H and O–H groups in total. The lowest BCUT2D eigenvalue weighted by Gasteiger charge is -2.39. The molecule has 0 radical (unpaired) electrons. The maximum absolute atomic E-state index is 12.1. The molecule has 1 aliphatic heterocycles. The van der Waals surface area contributed by atoms with E-state index in [1.807, 2.05) is 6.92 Å². The minimum Gasteiger partial charge on any atom is -0.481 e. The predicted octanol–water partition coefficient (Wildman–Crippen LogP) is 2.30. The molecule has 0 saturated carbocycles. The average molecular weight is 253 g/mol. The molecule has 1 amide bonds. The Kier molecular flexibility index (Phi) is 4.54. The zero-order valence-electron chi connectivity index (χ0n) is 11.7. The minimum absolute atomic E-state index is 0.0253. The lowest BCUT2D eigenvalue weighted by Crippen LogP contribution is -2.47. The highest BCUT2D eigenvalue weighted by Crippen LogP contribution is 2.34. The summed E-state index contributed by atoms with van der Waals surface area (Å²) in [6.45, 7) is 8.41. The van der Waals surface area contributed by atoms with Gasteiger partial charge in [0, 0.05) is 18.7 Å². The highest BCUT2D eigenvalue weighted by atomic mass is 16.4. The number of carbonyl (C=O) groups is 2. The van der Waals surface area contributed by atoms with E-state index in [0.29, 0.717) is 6.54 Å². The Morgan fingerprint density at radius 2 is 2.00 bits per heavy atom. The van der Waals surface area contributed by atoms with Crippen molar-refractivity contribution in [2.24, 2.45) is 11.3 Å².